The molecule has 0 saturated carbocycles. The number of anilines is 1. The Morgan fingerprint density at radius 2 is 1.84 bits per heavy atom. The minimum absolute atomic E-state index is 0.114. The summed E-state index contributed by atoms with van der Waals surface area (Å²) >= 11 is 5.71. The van der Waals surface area contributed by atoms with Crippen LogP contribution in [0.5, 0.6) is 0 Å². The Balaban J connectivity index is 2.23. The van der Waals surface area contributed by atoms with E-state index < -0.39 is 10.0 Å². The third-order valence-corrected chi connectivity index (χ3v) is 4.01. The lowest BCUT2D eigenvalue weighted by Crippen LogP contribution is -2.13. The number of sulfonamides is 1. The van der Waals surface area contributed by atoms with Gasteiger partial charge in [-0.15, -0.1) is 0 Å². The first-order valence-corrected chi connectivity index (χ1v) is 7.21. The largest absolute Gasteiger partial charge is 0.390 e. The zero-order chi connectivity index (χ0) is 13.9. The van der Waals surface area contributed by atoms with E-state index in [1.54, 1.807) is 6.07 Å². The number of aliphatic hydroxyl groups is 1. The summed E-state index contributed by atoms with van der Waals surface area (Å²) in [7, 11) is -3.66. The molecule has 5 nitrogen and oxygen atoms in total. The first kappa shape index (κ1) is 13.8. The third-order valence-electron chi connectivity index (χ3n) is 2.36. The van der Waals surface area contributed by atoms with Crippen LogP contribution in [0.3, 0.4) is 0 Å². The van der Waals surface area contributed by atoms with E-state index in [4.69, 9.17) is 16.7 Å². The molecule has 1 aromatic heterocycles. The lowest BCUT2D eigenvalue weighted by molar-refractivity contribution is 0.277. The van der Waals surface area contributed by atoms with Crippen LogP contribution in [0.25, 0.3) is 0 Å². The molecule has 0 aliphatic rings. The molecule has 0 amide bonds. The van der Waals surface area contributed by atoms with Crippen LogP contribution in [0.1, 0.15) is 5.69 Å². The third kappa shape index (κ3) is 3.44. The quantitative estimate of drug-likeness (QED) is 0.905. The molecule has 2 rings (SSSR count). The molecule has 7 heteroatoms. The molecule has 2 aromatic rings. The lowest BCUT2D eigenvalue weighted by atomic mass is 10.3. The van der Waals surface area contributed by atoms with Gasteiger partial charge in [-0.05, 0) is 36.4 Å². The molecule has 100 valence electrons. The molecule has 0 radical (unpaired) electrons. The van der Waals surface area contributed by atoms with E-state index >= 15 is 0 Å². The summed E-state index contributed by atoms with van der Waals surface area (Å²) in [6, 6.07) is 8.92. The molecule has 0 fully saturated rings. The van der Waals surface area contributed by atoms with E-state index in [1.807, 2.05) is 0 Å². The fourth-order valence-electron chi connectivity index (χ4n) is 1.41. The highest BCUT2D eigenvalue weighted by molar-refractivity contribution is 7.92. The number of aromatic nitrogens is 1. The number of benzene rings is 1. The van der Waals surface area contributed by atoms with Crippen LogP contribution in [-0.2, 0) is 16.6 Å². The molecular weight excluding hydrogens is 288 g/mol. The highest BCUT2D eigenvalue weighted by Crippen LogP contribution is 2.17. The number of hydrogen-bond donors (Lipinski definition) is 2. The van der Waals surface area contributed by atoms with Gasteiger partial charge in [-0.1, -0.05) is 11.6 Å². The Bertz CT molecular complexity index is 654. The summed E-state index contributed by atoms with van der Waals surface area (Å²) in [5.74, 6) is 0. The number of aliphatic hydroxyl groups excluding tert-OH is 1. The molecular formula is C12H11ClN2O3S. The van der Waals surface area contributed by atoms with Gasteiger partial charge in [0.25, 0.3) is 10.0 Å². The molecule has 0 unspecified atom stereocenters. The Labute approximate surface area is 115 Å². The number of nitrogens with one attached hydrogen (secondary N) is 1. The van der Waals surface area contributed by atoms with Gasteiger partial charge in [0.2, 0.25) is 0 Å². The fourth-order valence-corrected chi connectivity index (χ4v) is 2.58. The molecule has 0 bridgehead atoms. The maximum atomic E-state index is 12.0. The van der Waals surface area contributed by atoms with Gasteiger partial charge >= 0.3 is 0 Å². The van der Waals surface area contributed by atoms with Crippen LogP contribution in [-0.4, -0.2) is 18.5 Å². The minimum atomic E-state index is -3.66. The zero-order valence-corrected chi connectivity index (χ0v) is 11.3. The SMILES string of the molecule is O=S(=O)(Nc1ccc(CO)nc1)c1ccc(Cl)cc1. The summed E-state index contributed by atoms with van der Waals surface area (Å²) in [6.07, 6.45) is 1.35. The molecule has 0 spiro atoms. The van der Waals surface area contributed by atoms with Crippen LogP contribution in [0.15, 0.2) is 47.5 Å². The molecule has 1 aromatic carbocycles. The molecule has 0 aliphatic carbocycles. The standard InChI is InChI=1S/C12H11ClN2O3S/c13-9-1-5-12(6-2-9)19(17,18)15-10-3-4-11(8-16)14-7-10/h1-7,15-16H,8H2. The van der Waals surface area contributed by atoms with E-state index in [0.717, 1.165) is 0 Å². The van der Waals surface area contributed by atoms with Crippen LogP contribution < -0.4 is 4.72 Å². The monoisotopic (exact) mass is 298 g/mol. The highest BCUT2D eigenvalue weighted by atomic mass is 35.5. The summed E-state index contributed by atoms with van der Waals surface area (Å²) in [5, 5.41) is 9.32. The number of pyridine rings is 1. The van der Waals surface area contributed by atoms with Crippen LogP contribution in [0.2, 0.25) is 5.02 Å². The summed E-state index contributed by atoms with van der Waals surface area (Å²) < 4.78 is 26.5. The second-order valence-corrected chi connectivity index (χ2v) is 5.87. The second-order valence-electron chi connectivity index (χ2n) is 3.76. The van der Waals surface area contributed by atoms with Gasteiger partial charge in [-0.25, -0.2) is 8.42 Å². The lowest BCUT2D eigenvalue weighted by Gasteiger charge is -2.08. The van der Waals surface area contributed by atoms with Gasteiger partial charge in [0.05, 0.1) is 29.1 Å². The smallest absolute Gasteiger partial charge is 0.261 e. The molecule has 19 heavy (non-hydrogen) atoms. The van der Waals surface area contributed by atoms with Crippen molar-refractivity contribution in [3.05, 3.63) is 53.3 Å². The second kappa shape index (κ2) is 5.56. The van der Waals surface area contributed by atoms with Crippen molar-refractivity contribution in [3.63, 3.8) is 0 Å². The Morgan fingerprint density at radius 3 is 2.37 bits per heavy atom. The van der Waals surface area contributed by atoms with Gasteiger partial charge < -0.3 is 5.11 Å². The zero-order valence-electron chi connectivity index (χ0n) is 9.75. The van der Waals surface area contributed by atoms with Gasteiger partial charge in [-0.2, -0.15) is 0 Å². The van der Waals surface area contributed by atoms with Crippen molar-refractivity contribution in [2.24, 2.45) is 0 Å². The predicted octanol–water partition coefficient (Wildman–Crippen LogP) is 2.03. The first-order valence-electron chi connectivity index (χ1n) is 5.35. The van der Waals surface area contributed by atoms with E-state index in [0.29, 0.717) is 16.4 Å². The average Bonchev–Trinajstić information content (AvgIpc) is 2.40. The van der Waals surface area contributed by atoms with Crippen molar-refractivity contribution < 1.29 is 13.5 Å². The number of rotatable bonds is 4. The number of halogens is 1. The summed E-state index contributed by atoms with van der Waals surface area (Å²) in [6.45, 7) is -0.190. The molecule has 1 heterocycles. The molecule has 0 aliphatic heterocycles. The van der Waals surface area contributed by atoms with E-state index in [9.17, 15) is 8.42 Å². The first-order chi connectivity index (χ1) is 9.01. The Morgan fingerprint density at radius 1 is 1.16 bits per heavy atom. The summed E-state index contributed by atoms with van der Waals surface area (Å²) in [5.41, 5.74) is 0.793. The van der Waals surface area contributed by atoms with Crippen molar-refractivity contribution in [2.75, 3.05) is 4.72 Å². The Hall–Kier alpha value is -1.63. The van der Waals surface area contributed by atoms with E-state index in [2.05, 4.69) is 9.71 Å². The van der Waals surface area contributed by atoms with Gasteiger partial charge in [0, 0.05) is 5.02 Å². The maximum Gasteiger partial charge on any atom is 0.261 e. The van der Waals surface area contributed by atoms with Crippen LogP contribution in [0.4, 0.5) is 5.69 Å². The normalized spacial score (nSPS) is 11.3. The molecule has 0 atom stereocenters. The van der Waals surface area contributed by atoms with Gasteiger partial charge in [0.15, 0.2) is 0 Å². The van der Waals surface area contributed by atoms with E-state index in [-0.39, 0.29) is 11.5 Å². The van der Waals surface area contributed by atoms with Crippen molar-refractivity contribution >= 4 is 27.3 Å². The van der Waals surface area contributed by atoms with Gasteiger partial charge in [0.1, 0.15) is 0 Å². The minimum Gasteiger partial charge on any atom is -0.390 e. The van der Waals surface area contributed by atoms with Crippen molar-refractivity contribution in [1.82, 2.24) is 4.98 Å². The van der Waals surface area contributed by atoms with E-state index in [1.165, 1.54) is 36.5 Å². The topological polar surface area (TPSA) is 79.3 Å². The van der Waals surface area contributed by atoms with Gasteiger partial charge in [-0.3, -0.25) is 9.71 Å². The van der Waals surface area contributed by atoms with Crippen molar-refractivity contribution in [3.8, 4) is 0 Å². The number of nitrogens with zero attached hydrogens (tertiary/aromatic N) is 1. The highest BCUT2D eigenvalue weighted by Gasteiger charge is 2.13. The Kier molecular flexibility index (Phi) is 4.04. The molecule has 2 N–H and O–H groups in total. The molecule has 0 saturated heterocycles. The van der Waals surface area contributed by atoms with Crippen molar-refractivity contribution in [2.45, 2.75) is 11.5 Å². The van der Waals surface area contributed by atoms with Crippen molar-refractivity contribution in [1.29, 1.82) is 0 Å². The number of hydrogen-bond acceptors (Lipinski definition) is 4. The summed E-state index contributed by atoms with van der Waals surface area (Å²) in [4.78, 5) is 4.01. The fraction of sp³-hybridized carbons (Fsp3) is 0.0833. The average molecular weight is 299 g/mol. The maximum absolute atomic E-state index is 12.0. The predicted molar refractivity (Wildman–Crippen MR) is 72.4 cm³/mol. The van der Waals surface area contributed by atoms with Crippen LogP contribution >= 0.6 is 11.6 Å². The van der Waals surface area contributed by atoms with Crippen LogP contribution in [0, 0.1) is 0 Å².